The van der Waals surface area contributed by atoms with Crippen molar-refractivity contribution in [3.63, 3.8) is 0 Å². The van der Waals surface area contributed by atoms with E-state index in [0.717, 1.165) is 17.7 Å². The van der Waals surface area contributed by atoms with Gasteiger partial charge in [0.1, 0.15) is 11.6 Å². The van der Waals surface area contributed by atoms with Gasteiger partial charge >= 0.3 is 0 Å². The summed E-state index contributed by atoms with van der Waals surface area (Å²) in [6.45, 7) is 3.24. The zero-order chi connectivity index (χ0) is 14.6. The van der Waals surface area contributed by atoms with E-state index in [2.05, 4.69) is 6.92 Å². The van der Waals surface area contributed by atoms with Crippen LogP contribution >= 0.6 is 0 Å². The maximum absolute atomic E-state index is 13.0. The van der Waals surface area contributed by atoms with Crippen molar-refractivity contribution in [1.82, 2.24) is 0 Å². The Bertz CT molecular complexity index is 368. The van der Waals surface area contributed by atoms with E-state index in [0.29, 0.717) is 13.2 Å². The third-order valence-electron chi connectivity index (χ3n) is 3.50. The fourth-order valence-electron chi connectivity index (χ4n) is 2.27. The highest BCUT2D eigenvalue weighted by atomic mass is 19.1. The summed E-state index contributed by atoms with van der Waals surface area (Å²) in [4.78, 5) is 0. The highest BCUT2D eigenvalue weighted by Crippen LogP contribution is 2.19. The number of halogens is 1. The molecule has 0 aliphatic carbocycles. The highest BCUT2D eigenvalue weighted by molar-refractivity contribution is 5.33. The topological polar surface area (TPSA) is 35.2 Å². The van der Waals surface area contributed by atoms with Gasteiger partial charge in [-0.05, 0) is 24.6 Å². The Balaban J connectivity index is 2.09. The smallest absolute Gasteiger partial charge is 0.123 e. The van der Waals surface area contributed by atoms with Crippen molar-refractivity contribution in [2.75, 3.05) is 6.61 Å². The Kier molecular flexibility index (Phi) is 9.05. The molecule has 0 unspecified atom stereocenters. The average molecular weight is 281 g/mol. The zero-order valence-corrected chi connectivity index (χ0v) is 12.7. The Morgan fingerprint density at radius 1 is 1.00 bits per heavy atom. The number of ether oxygens (including phenoxy) is 1. The molecule has 0 heterocycles. The summed E-state index contributed by atoms with van der Waals surface area (Å²) >= 11 is 0. The molecule has 0 aliphatic rings. The summed E-state index contributed by atoms with van der Waals surface area (Å²) in [5, 5.41) is 0. The molecule has 114 valence electrons. The number of rotatable bonds is 11. The minimum Gasteiger partial charge on any atom is -0.493 e. The SMILES string of the molecule is CCCCCCCCCCOc1ccc(F)cc1CN. The number of nitrogens with two attached hydrogens (primary N) is 1. The van der Waals surface area contributed by atoms with Crippen LogP contribution in [0.5, 0.6) is 5.75 Å². The normalized spacial score (nSPS) is 10.8. The molecule has 0 fully saturated rings. The Morgan fingerprint density at radius 2 is 1.65 bits per heavy atom. The summed E-state index contributed by atoms with van der Waals surface area (Å²) in [5.41, 5.74) is 6.32. The van der Waals surface area contributed by atoms with Gasteiger partial charge in [0.25, 0.3) is 0 Å². The maximum atomic E-state index is 13.0. The molecule has 1 aromatic rings. The van der Waals surface area contributed by atoms with E-state index in [-0.39, 0.29) is 5.82 Å². The molecule has 0 saturated heterocycles. The quantitative estimate of drug-likeness (QED) is 0.591. The van der Waals surface area contributed by atoms with Gasteiger partial charge in [-0.3, -0.25) is 0 Å². The van der Waals surface area contributed by atoms with Crippen LogP contribution in [0.1, 0.15) is 63.9 Å². The van der Waals surface area contributed by atoms with Crippen LogP contribution < -0.4 is 10.5 Å². The largest absolute Gasteiger partial charge is 0.493 e. The van der Waals surface area contributed by atoms with E-state index in [9.17, 15) is 4.39 Å². The van der Waals surface area contributed by atoms with Crippen LogP contribution in [-0.2, 0) is 6.54 Å². The van der Waals surface area contributed by atoms with Crippen LogP contribution in [0.3, 0.4) is 0 Å². The molecule has 0 amide bonds. The summed E-state index contributed by atoms with van der Waals surface area (Å²) in [6, 6.07) is 4.54. The van der Waals surface area contributed by atoms with Gasteiger partial charge in [-0.25, -0.2) is 4.39 Å². The second-order valence-electron chi connectivity index (χ2n) is 5.28. The Hall–Kier alpha value is -1.09. The molecule has 0 aromatic heterocycles. The van der Waals surface area contributed by atoms with Gasteiger partial charge in [-0.2, -0.15) is 0 Å². The van der Waals surface area contributed by atoms with Crippen molar-refractivity contribution < 1.29 is 9.13 Å². The summed E-state index contributed by atoms with van der Waals surface area (Å²) in [7, 11) is 0. The average Bonchev–Trinajstić information content (AvgIpc) is 2.46. The molecule has 3 heteroatoms. The third-order valence-corrected chi connectivity index (χ3v) is 3.50. The van der Waals surface area contributed by atoms with E-state index in [1.807, 2.05) is 0 Å². The summed E-state index contributed by atoms with van der Waals surface area (Å²) < 4.78 is 18.7. The number of benzene rings is 1. The first-order valence-corrected chi connectivity index (χ1v) is 7.89. The number of hydrogen-bond acceptors (Lipinski definition) is 2. The molecule has 20 heavy (non-hydrogen) atoms. The van der Waals surface area contributed by atoms with Crippen LogP contribution in [0, 0.1) is 5.82 Å². The van der Waals surface area contributed by atoms with Crippen molar-refractivity contribution in [3.8, 4) is 5.75 Å². The van der Waals surface area contributed by atoms with Crippen molar-refractivity contribution in [1.29, 1.82) is 0 Å². The molecule has 1 rings (SSSR count). The van der Waals surface area contributed by atoms with Gasteiger partial charge in [0.2, 0.25) is 0 Å². The fraction of sp³-hybridized carbons (Fsp3) is 0.647. The van der Waals surface area contributed by atoms with Gasteiger partial charge in [0.05, 0.1) is 6.61 Å². The van der Waals surface area contributed by atoms with Crippen molar-refractivity contribution in [3.05, 3.63) is 29.6 Å². The van der Waals surface area contributed by atoms with Gasteiger partial charge in [-0.15, -0.1) is 0 Å². The fourth-order valence-corrected chi connectivity index (χ4v) is 2.27. The first-order valence-electron chi connectivity index (χ1n) is 7.89. The molecular weight excluding hydrogens is 253 g/mol. The zero-order valence-electron chi connectivity index (χ0n) is 12.7. The summed E-state index contributed by atoms with van der Waals surface area (Å²) in [5.74, 6) is 0.460. The molecule has 2 N–H and O–H groups in total. The first kappa shape index (κ1) is 17.0. The van der Waals surface area contributed by atoms with Crippen LogP contribution in [0.4, 0.5) is 4.39 Å². The second kappa shape index (κ2) is 10.7. The van der Waals surface area contributed by atoms with Gasteiger partial charge < -0.3 is 10.5 Å². The standard InChI is InChI=1S/C17H28FNO/c1-2-3-4-5-6-7-8-9-12-20-17-11-10-16(18)13-15(17)14-19/h10-11,13H,2-9,12,14,19H2,1H3. The minimum absolute atomic E-state index is 0.259. The molecule has 0 spiro atoms. The molecule has 1 aromatic carbocycles. The molecule has 0 atom stereocenters. The maximum Gasteiger partial charge on any atom is 0.123 e. The molecule has 0 bridgehead atoms. The lowest BCUT2D eigenvalue weighted by molar-refractivity contribution is 0.301. The lowest BCUT2D eigenvalue weighted by Crippen LogP contribution is -2.04. The Labute approximate surface area is 122 Å². The van der Waals surface area contributed by atoms with Crippen molar-refractivity contribution >= 4 is 0 Å². The van der Waals surface area contributed by atoms with Crippen molar-refractivity contribution in [2.45, 2.75) is 64.8 Å². The van der Waals surface area contributed by atoms with Crippen molar-refractivity contribution in [2.24, 2.45) is 5.73 Å². The third kappa shape index (κ3) is 6.90. The predicted octanol–water partition coefficient (Wildman–Crippen LogP) is 4.80. The molecule has 0 radical (unpaired) electrons. The van der Waals surface area contributed by atoms with Gasteiger partial charge in [0.15, 0.2) is 0 Å². The second-order valence-corrected chi connectivity index (χ2v) is 5.28. The first-order chi connectivity index (χ1) is 9.77. The van der Waals surface area contributed by atoms with E-state index in [1.54, 1.807) is 6.07 Å². The minimum atomic E-state index is -0.259. The monoisotopic (exact) mass is 281 g/mol. The van der Waals surface area contributed by atoms with E-state index >= 15 is 0 Å². The lowest BCUT2D eigenvalue weighted by Gasteiger charge is -2.10. The van der Waals surface area contributed by atoms with Crippen LogP contribution in [-0.4, -0.2) is 6.61 Å². The summed E-state index contributed by atoms with van der Waals surface area (Å²) in [6.07, 6.45) is 10.2. The number of hydrogen-bond donors (Lipinski definition) is 1. The van der Waals surface area contributed by atoms with E-state index in [4.69, 9.17) is 10.5 Å². The lowest BCUT2D eigenvalue weighted by atomic mass is 10.1. The van der Waals surface area contributed by atoms with Gasteiger partial charge in [-0.1, -0.05) is 51.9 Å². The van der Waals surface area contributed by atoms with Crippen LogP contribution in [0.25, 0.3) is 0 Å². The molecule has 0 saturated carbocycles. The van der Waals surface area contributed by atoms with Gasteiger partial charge in [0, 0.05) is 12.1 Å². The van der Waals surface area contributed by atoms with E-state index in [1.165, 1.54) is 57.1 Å². The molecule has 0 aliphatic heterocycles. The van der Waals surface area contributed by atoms with Crippen LogP contribution in [0.15, 0.2) is 18.2 Å². The predicted molar refractivity (Wildman–Crippen MR) is 82.4 cm³/mol. The van der Waals surface area contributed by atoms with E-state index < -0.39 is 0 Å². The molecular formula is C17H28FNO. The molecule has 2 nitrogen and oxygen atoms in total. The Morgan fingerprint density at radius 3 is 2.30 bits per heavy atom. The highest BCUT2D eigenvalue weighted by Gasteiger charge is 2.03. The van der Waals surface area contributed by atoms with Crippen LogP contribution in [0.2, 0.25) is 0 Å². The number of unbranched alkanes of at least 4 members (excludes halogenated alkanes) is 7.